The summed E-state index contributed by atoms with van der Waals surface area (Å²) < 4.78 is 0. The number of nitrogens with one attached hydrogen (secondary N) is 1. The van der Waals surface area contributed by atoms with E-state index in [1.54, 1.807) is 11.1 Å². The average molecular weight is 209 g/mol. The van der Waals surface area contributed by atoms with Gasteiger partial charge in [-0.05, 0) is 19.8 Å². The van der Waals surface area contributed by atoms with Crippen LogP contribution >= 0.6 is 0 Å². The fourth-order valence-corrected chi connectivity index (χ4v) is 2.01. The highest BCUT2D eigenvalue weighted by Crippen LogP contribution is 2.20. The third-order valence-electron chi connectivity index (χ3n) is 2.91. The van der Waals surface area contributed by atoms with E-state index in [2.05, 4.69) is 10.2 Å². The van der Waals surface area contributed by atoms with Crippen LogP contribution in [0.15, 0.2) is 6.20 Å². The molecule has 2 N–H and O–H groups in total. The van der Waals surface area contributed by atoms with Crippen molar-refractivity contribution in [3.05, 3.63) is 17.5 Å². The predicted molar refractivity (Wildman–Crippen MR) is 54.5 cm³/mol. The van der Waals surface area contributed by atoms with Crippen LogP contribution in [0, 0.1) is 6.92 Å². The fraction of sp³-hybridized carbons (Fsp3) is 0.600. The monoisotopic (exact) mass is 209 g/mol. The van der Waals surface area contributed by atoms with Crippen LogP contribution in [0.2, 0.25) is 0 Å². The molecule has 0 saturated carbocycles. The summed E-state index contributed by atoms with van der Waals surface area (Å²) in [6.07, 6.45) is 3.40. The summed E-state index contributed by atoms with van der Waals surface area (Å²) in [6, 6.07) is -0.0215. The molecule has 1 saturated heterocycles. The minimum absolute atomic E-state index is 0.0215. The normalized spacial score (nSPS) is 20.9. The molecule has 1 atom stereocenters. The number of hydrogen-bond acceptors (Lipinski definition) is 3. The van der Waals surface area contributed by atoms with E-state index < -0.39 is 0 Å². The molecule has 1 fully saturated rings. The molecule has 1 aliphatic rings. The van der Waals surface area contributed by atoms with Gasteiger partial charge in [-0.2, -0.15) is 5.10 Å². The van der Waals surface area contributed by atoms with Crippen LogP contribution in [0.25, 0.3) is 0 Å². The molecule has 0 radical (unpaired) electrons. The Balaban J connectivity index is 2.18. The Kier molecular flexibility index (Phi) is 2.73. The first-order valence-electron chi connectivity index (χ1n) is 5.16. The Morgan fingerprint density at radius 2 is 2.60 bits per heavy atom. The number of aromatic amines is 1. The van der Waals surface area contributed by atoms with Crippen molar-refractivity contribution in [1.29, 1.82) is 0 Å². The first-order chi connectivity index (χ1) is 7.24. The lowest BCUT2D eigenvalue weighted by molar-refractivity contribution is 0.0677. The van der Waals surface area contributed by atoms with E-state index >= 15 is 0 Å². The summed E-state index contributed by atoms with van der Waals surface area (Å²) in [4.78, 5) is 13.8. The highest BCUT2D eigenvalue weighted by atomic mass is 16.3. The van der Waals surface area contributed by atoms with Crippen LogP contribution in [0.5, 0.6) is 0 Å². The highest BCUT2D eigenvalue weighted by molar-refractivity contribution is 5.95. The van der Waals surface area contributed by atoms with E-state index in [4.69, 9.17) is 5.11 Å². The van der Waals surface area contributed by atoms with Gasteiger partial charge in [-0.25, -0.2) is 0 Å². The topological polar surface area (TPSA) is 69.2 Å². The van der Waals surface area contributed by atoms with Crippen LogP contribution in [0.4, 0.5) is 0 Å². The molecule has 5 nitrogen and oxygen atoms in total. The standard InChI is InChI=1S/C10H15N3O2/c1-7-9(5-11-12-7)10(15)13-4-2-3-8(13)6-14/h5,8,14H,2-4,6H2,1H3,(H,11,12)/t8-/m0/s1. The number of aliphatic hydroxyl groups is 1. The third kappa shape index (κ3) is 1.74. The molecule has 5 heteroatoms. The largest absolute Gasteiger partial charge is 0.394 e. The van der Waals surface area contributed by atoms with E-state index in [1.165, 1.54) is 0 Å². The number of aryl methyl sites for hydroxylation is 1. The van der Waals surface area contributed by atoms with Crippen LogP contribution in [-0.4, -0.2) is 45.3 Å². The van der Waals surface area contributed by atoms with Gasteiger partial charge in [-0.15, -0.1) is 0 Å². The smallest absolute Gasteiger partial charge is 0.257 e. The Hall–Kier alpha value is -1.36. The van der Waals surface area contributed by atoms with Gasteiger partial charge in [0.25, 0.3) is 5.91 Å². The van der Waals surface area contributed by atoms with Gasteiger partial charge < -0.3 is 10.0 Å². The molecule has 2 heterocycles. The summed E-state index contributed by atoms with van der Waals surface area (Å²) in [5.41, 5.74) is 1.39. The van der Waals surface area contributed by atoms with Crippen molar-refractivity contribution >= 4 is 5.91 Å². The summed E-state index contributed by atoms with van der Waals surface area (Å²) in [5.74, 6) is -0.0298. The second-order valence-electron chi connectivity index (χ2n) is 3.89. The van der Waals surface area contributed by atoms with Crippen molar-refractivity contribution < 1.29 is 9.90 Å². The lowest BCUT2D eigenvalue weighted by atomic mass is 10.2. The molecule has 0 spiro atoms. The molecule has 0 unspecified atom stereocenters. The zero-order chi connectivity index (χ0) is 10.8. The second kappa shape index (κ2) is 4.02. The average Bonchev–Trinajstić information content (AvgIpc) is 2.84. The van der Waals surface area contributed by atoms with E-state index in [1.807, 2.05) is 6.92 Å². The van der Waals surface area contributed by atoms with Crippen molar-refractivity contribution in [2.75, 3.05) is 13.2 Å². The van der Waals surface area contributed by atoms with E-state index in [0.717, 1.165) is 25.1 Å². The van der Waals surface area contributed by atoms with Gasteiger partial charge in [0.1, 0.15) is 0 Å². The van der Waals surface area contributed by atoms with Crippen LogP contribution < -0.4 is 0 Å². The van der Waals surface area contributed by atoms with Crippen molar-refractivity contribution in [2.45, 2.75) is 25.8 Å². The number of amides is 1. The molecule has 0 aliphatic carbocycles. The Bertz CT molecular complexity index is 361. The highest BCUT2D eigenvalue weighted by Gasteiger charge is 2.29. The molecular formula is C10H15N3O2. The number of rotatable bonds is 2. The lowest BCUT2D eigenvalue weighted by Crippen LogP contribution is -2.37. The minimum Gasteiger partial charge on any atom is -0.394 e. The molecule has 0 bridgehead atoms. The first-order valence-corrected chi connectivity index (χ1v) is 5.16. The number of hydrogen-bond donors (Lipinski definition) is 2. The summed E-state index contributed by atoms with van der Waals surface area (Å²) in [7, 11) is 0. The number of nitrogens with zero attached hydrogens (tertiary/aromatic N) is 2. The lowest BCUT2D eigenvalue weighted by Gasteiger charge is -2.22. The molecule has 1 aromatic rings. The molecule has 2 rings (SSSR count). The van der Waals surface area contributed by atoms with Crippen molar-refractivity contribution in [3.63, 3.8) is 0 Å². The molecule has 0 aromatic carbocycles. The third-order valence-corrected chi connectivity index (χ3v) is 2.91. The Morgan fingerprint density at radius 3 is 3.20 bits per heavy atom. The van der Waals surface area contributed by atoms with Crippen molar-refractivity contribution in [3.8, 4) is 0 Å². The Labute approximate surface area is 88.1 Å². The van der Waals surface area contributed by atoms with E-state index in [0.29, 0.717) is 5.56 Å². The molecular weight excluding hydrogens is 194 g/mol. The zero-order valence-electron chi connectivity index (χ0n) is 8.73. The maximum absolute atomic E-state index is 12.1. The van der Waals surface area contributed by atoms with Gasteiger partial charge in [-0.3, -0.25) is 9.89 Å². The number of carbonyl (C=O) groups excluding carboxylic acids is 1. The molecule has 82 valence electrons. The van der Waals surface area contributed by atoms with E-state index in [-0.39, 0.29) is 18.6 Å². The maximum atomic E-state index is 12.1. The maximum Gasteiger partial charge on any atom is 0.257 e. The molecule has 15 heavy (non-hydrogen) atoms. The Morgan fingerprint density at radius 1 is 1.80 bits per heavy atom. The van der Waals surface area contributed by atoms with Gasteiger partial charge in [0.05, 0.1) is 24.4 Å². The van der Waals surface area contributed by atoms with Gasteiger partial charge >= 0.3 is 0 Å². The zero-order valence-corrected chi connectivity index (χ0v) is 8.73. The van der Waals surface area contributed by atoms with Crippen LogP contribution in [0.3, 0.4) is 0 Å². The predicted octanol–water partition coefficient (Wildman–Crippen LogP) is 0.315. The molecule has 1 aliphatic heterocycles. The SMILES string of the molecule is Cc1[nH]ncc1C(=O)N1CCC[C@H]1CO. The minimum atomic E-state index is -0.0298. The van der Waals surface area contributed by atoms with Gasteiger partial charge in [0.15, 0.2) is 0 Å². The van der Waals surface area contributed by atoms with E-state index in [9.17, 15) is 4.79 Å². The summed E-state index contributed by atoms with van der Waals surface area (Å²) >= 11 is 0. The van der Waals surface area contributed by atoms with Gasteiger partial charge in [-0.1, -0.05) is 0 Å². The van der Waals surface area contributed by atoms with Crippen molar-refractivity contribution in [1.82, 2.24) is 15.1 Å². The second-order valence-corrected chi connectivity index (χ2v) is 3.89. The van der Waals surface area contributed by atoms with Gasteiger partial charge in [0.2, 0.25) is 0 Å². The van der Waals surface area contributed by atoms with Crippen LogP contribution in [-0.2, 0) is 0 Å². The van der Waals surface area contributed by atoms with Crippen molar-refractivity contribution in [2.24, 2.45) is 0 Å². The number of H-pyrrole nitrogens is 1. The quantitative estimate of drug-likeness (QED) is 0.736. The number of likely N-dealkylation sites (tertiary alicyclic amines) is 1. The number of aliphatic hydroxyl groups excluding tert-OH is 1. The number of carbonyl (C=O) groups is 1. The number of aromatic nitrogens is 2. The summed E-state index contributed by atoms with van der Waals surface area (Å²) in [6.45, 7) is 2.60. The van der Waals surface area contributed by atoms with Gasteiger partial charge in [0, 0.05) is 12.2 Å². The van der Waals surface area contributed by atoms with Crippen LogP contribution in [0.1, 0.15) is 28.9 Å². The summed E-state index contributed by atoms with van der Waals surface area (Å²) in [5, 5.41) is 15.7. The fourth-order valence-electron chi connectivity index (χ4n) is 2.01. The first kappa shape index (κ1) is 10.2. The molecule has 1 amide bonds. The molecule has 1 aromatic heterocycles.